The third-order valence-corrected chi connectivity index (χ3v) is 1.11. The SMILES string of the molecule is C/C=C/[C@@H](O)[C@@H]([NH3+])CO.[Cl-]. The fourth-order valence-electron chi connectivity index (χ4n) is 0.462. The molecule has 0 spiro atoms. The summed E-state index contributed by atoms with van der Waals surface area (Å²) < 4.78 is 0. The van der Waals surface area contributed by atoms with Gasteiger partial charge in [-0.05, 0) is 6.92 Å². The molecule has 0 amide bonds. The molecular weight excluding hydrogens is 154 g/mol. The lowest BCUT2D eigenvalue weighted by atomic mass is 10.2. The molecule has 0 aliphatic heterocycles. The first kappa shape index (κ1) is 12.6. The van der Waals surface area contributed by atoms with E-state index in [2.05, 4.69) is 5.73 Å². The maximum atomic E-state index is 9.01. The minimum Gasteiger partial charge on any atom is -1.00 e. The summed E-state index contributed by atoms with van der Waals surface area (Å²) in [4.78, 5) is 0. The molecule has 0 unspecified atom stereocenters. The Hall–Kier alpha value is -0.0900. The number of aliphatic hydroxyl groups is 2. The third kappa shape index (κ3) is 4.76. The van der Waals surface area contributed by atoms with Gasteiger partial charge in [-0.15, -0.1) is 0 Å². The van der Waals surface area contributed by atoms with Gasteiger partial charge in [0, 0.05) is 0 Å². The highest BCUT2D eigenvalue weighted by Gasteiger charge is 2.12. The maximum Gasteiger partial charge on any atom is 0.138 e. The molecule has 3 nitrogen and oxygen atoms in total. The van der Waals surface area contributed by atoms with E-state index in [1.165, 1.54) is 0 Å². The second-order valence-corrected chi connectivity index (χ2v) is 1.96. The molecule has 5 N–H and O–H groups in total. The summed E-state index contributed by atoms with van der Waals surface area (Å²) in [7, 11) is 0. The van der Waals surface area contributed by atoms with Crippen LogP contribution in [0.3, 0.4) is 0 Å². The molecule has 0 fully saturated rings. The maximum absolute atomic E-state index is 9.01. The summed E-state index contributed by atoms with van der Waals surface area (Å²) in [5.74, 6) is 0. The quantitative estimate of drug-likeness (QED) is 0.371. The molecule has 0 saturated carbocycles. The number of aliphatic hydroxyl groups excluding tert-OH is 2. The highest BCUT2D eigenvalue weighted by atomic mass is 35.5. The van der Waals surface area contributed by atoms with E-state index >= 15 is 0 Å². The van der Waals surface area contributed by atoms with Crippen LogP contribution in [0.2, 0.25) is 0 Å². The first-order valence-electron chi connectivity index (χ1n) is 2.97. The van der Waals surface area contributed by atoms with Crippen LogP contribution in [0.1, 0.15) is 6.92 Å². The topological polar surface area (TPSA) is 68.1 Å². The highest BCUT2D eigenvalue weighted by Crippen LogP contribution is 1.88. The lowest BCUT2D eigenvalue weighted by Gasteiger charge is -2.07. The van der Waals surface area contributed by atoms with E-state index in [0.29, 0.717) is 0 Å². The van der Waals surface area contributed by atoms with Crippen LogP contribution < -0.4 is 18.1 Å². The van der Waals surface area contributed by atoms with Gasteiger partial charge >= 0.3 is 0 Å². The van der Waals surface area contributed by atoms with E-state index in [1.807, 2.05) is 6.92 Å². The Morgan fingerprint density at radius 1 is 1.60 bits per heavy atom. The fraction of sp³-hybridized carbons (Fsp3) is 0.667. The van der Waals surface area contributed by atoms with Gasteiger partial charge in [-0.3, -0.25) is 0 Å². The lowest BCUT2D eigenvalue weighted by molar-refractivity contribution is -0.438. The zero-order chi connectivity index (χ0) is 7.28. The predicted molar refractivity (Wildman–Crippen MR) is 34.6 cm³/mol. The zero-order valence-electron chi connectivity index (χ0n) is 6.00. The molecule has 0 rings (SSSR count). The molecule has 0 radical (unpaired) electrons. The Labute approximate surface area is 67.0 Å². The van der Waals surface area contributed by atoms with Gasteiger partial charge in [-0.2, -0.15) is 0 Å². The fourth-order valence-corrected chi connectivity index (χ4v) is 0.462. The van der Waals surface area contributed by atoms with Crippen LogP contribution in [0.15, 0.2) is 12.2 Å². The Kier molecular flexibility index (Phi) is 8.83. The number of quaternary nitrogens is 1. The van der Waals surface area contributed by atoms with Crippen molar-refractivity contribution in [3.05, 3.63) is 12.2 Å². The van der Waals surface area contributed by atoms with E-state index in [-0.39, 0.29) is 25.1 Å². The van der Waals surface area contributed by atoms with E-state index < -0.39 is 6.10 Å². The zero-order valence-corrected chi connectivity index (χ0v) is 6.75. The van der Waals surface area contributed by atoms with E-state index in [1.54, 1.807) is 12.2 Å². The van der Waals surface area contributed by atoms with Gasteiger partial charge < -0.3 is 28.4 Å². The highest BCUT2D eigenvalue weighted by molar-refractivity contribution is 4.88. The Balaban J connectivity index is 0. The molecule has 0 aromatic rings. The summed E-state index contributed by atoms with van der Waals surface area (Å²) in [6.45, 7) is 1.73. The number of allylic oxidation sites excluding steroid dienone is 1. The molecule has 4 heteroatoms. The van der Waals surface area contributed by atoms with Crippen molar-refractivity contribution in [1.82, 2.24) is 0 Å². The van der Waals surface area contributed by atoms with Crippen LogP contribution in [-0.2, 0) is 0 Å². The van der Waals surface area contributed by atoms with Crippen molar-refractivity contribution in [2.45, 2.75) is 19.1 Å². The summed E-state index contributed by atoms with van der Waals surface area (Å²) in [5, 5.41) is 17.5. The van der Waals surface area contributed by atoms with Crippen LogP contribution in [0, 0.1) is 0 Å². The molecule has 0 saturated heterocycles. The van der Waals surface area contributed by atoms with Crippen molar-refractivity contribution in [3.63, 3.8) is 0 Å². The van der Waals surface area contributed by atoms with Crippen molar-refractivity contribution < 1.29 is 28.4 Å². The molecule has 2 atom stereocenters. The van der Waals surface area contributed by atoms with Gasteiger partial charge in [-0.1, -0.05) is 12.2 Å². The van der Waals surface area contributed by atoms with E-state index in [4.69, 9.17) is 10.2 Å². The monoisotopic (exact) mass is 167 g/mol. The van der Waals surface area contributed by atoms with Gasteiger partial charge in [0.25, 0.3) is 0 Å². The summed E-state index contributed by atoms with van der Waals surface area (Å²) in [5.41, 5.74) is 3.52. The average Bonchev–Trinajstić information content (AvgIpc) is 1.87. The predicted octanol–water partition coefficient (Wildman–Crippen LogP) is -4.47. The van der Waals surface area contributed by atoms with Crippen LogP contribution in [0.4, 0.5) is 0 Å². The average molecular weight is 168 g/mol. The molecule has 62 valence electrons. The largest absolute Gasteiger partial charge is 1.00 e. The number of hydrogen-bond acceptors (Lipinski definition) is 2. The van der Waals surface area contributed by atoms with Crippen molar-refractivity contribution >= 4 is 0 Å². The van der Waals surface area contributed by atoms with Crippen LogP contribution in [0.25, 0.3) is 0 Å². The summed E-state index contributed by atoms with van der Waals surface area (Å²) in [6, 6.07) is -0.304. The Morgan fingerprint density at radius 3 is 2.40 bits per heavy atom. The van der Waals surface area contributed by atoms with Gasteiger partial charge in [-0.25, -0.2) is 0 Å². The van der Waals surface area contributed by atoms with Crippen molar-refractivity contribution in [2.75, 3.05) is 6.61 Å². The Bertz CT molecular complexity index is 97.7. The van der Waals surface area contributed by atoms with Gasteiger partial charge in [0.2, 0.25) is 0 Å². The minimum atomic E-state index is -0.611. The molecule has 0 aliphatic rings. The minimum absolute atomic E-state index is 0. The van der Waals surface area contributed by atoms with Crippen LogP contribution in [0.5, 0.6) is 0 Å². The lowest BCUT2D eigenvalue weighted by Crippen LogP contribution is -3.00. The van der Waals surface area contributed by atoms with Crippen LogP contribution in [-0.4, -0.2) is 29.0 Å². The normalized spacial score (nSPS) is 16.4. The first-order chi connectivity index (χ1) is 4.22. The molecule has 0 aromatic carbocycles. The van der Waals surface area contributed by atoms with E-state index in [0.717, 1.165) is 0 Å². The Morgan fingerprint density at radius 2 is 2.10 bits per heavy atom. The summed E-state index contributed by atoms with van der Waals surface area (Å²) >= 11 is 0. The second kappa shape index (κ2) is 7.02. The first-order valence-corrected chi connectivity index (χ1v) is 2.97. The molecule has 0 heterocycles. The number of rotatable bonds is 3. The molecule has 0 bridgehead atoms. The van der Waals surface area contributed by atoms with E-state index in [9.17, 15) is 0 Å². The van der Waals surface area contributed by atoms with Crippen molar-refractivity contribution in [2.24, 2.45) is 0 Å². The standard InChI is InChI=1S/C6H13NO2.ClH/c1-2-3-6(9)5(7)4-8;/h2-3,5-6,8-9H,4,7H2,1H3;1H/b3-2+;/t5-,6+;/m0./s1. The van der Waals surface area contributed by atoms with Crippen molar-refractivity contribution in [1.29, 1.82) is 0 Å². The van der Waals surface area contributed by atoms with Crippen molar-refractivity contribution in [3.8, 4) is 0 Å². The smallest absolute Gasteiger partial charge is 0.138 e. The second-order valence-electron chi connectivity index (χ2n) is 1.96. The molecule has 10 heavy (non-hydrogen) atoms. The van der Waals surface area contributed by atoms with Gasteiger partial charge in [0.15, 0.2) is 0 Å². The third-order valence-electron chi connectivity index (χ3n) is 1.11. The van der Waals surface area contributed by atoms with Gasteiger partial charge in [0.05, 0.1) is 6.61 Å². The van der Waals surface area contributed by atoms with Gasteiger partial charge in [0.1, 0.15) is 12.1 Å². The number of halogens is 1. The molecule has 0 aromatic heterocycles. The van der Waals surface area contributed by atoms with Crippen LogP contribution >= 0.6 is 0 Å². The number of hydrogen-bond donors (Lipinski definition) is 3. The summed E-state index contributed by atoms with van der Waals surface area (Å²) in [6.07, 6.45) is 2.73. The molecular formula is C6H14ClNO2. The molecule has 0 aliphatic carbocycles.